The van der Waals surface area contributed by atoms with Crippen molar-refractivity contribution in [1.29, 1.82) is 0 Å². The van der Waals surface area contributed by atoms with Gasteiger partial charge in [-0.05, 0) is 18.9 Å². The number of hydrogen-bond donors (Lipinski definition) is 0. The molecule has 0 aromatic carbocycles. The van der Waals surface area contributed by atoms with Crippen molar-refractivity contribution in [3.8, 4) is 0 Å². The standard InChI is InChI=1S/C20H27N7O3/c1-23-16(13-17(28)24(2)20(23)30)27-8-3-5-15(14-27)18(29)25-9-11-26(12-10-25)19-21-6-4-7-22-19/h4,6-7,13,15H,3,5,8-12,14H2,1-2H3/t15-/m0/s1. The van der Waals surface area contributed by atoms with Gasteiger partial charge in [0.15, 0.2) is 0 Å². The van der Waals surface area contributed by atoms with E-state index in [1.807, 2.05) is 9.80 Å². The molecule has 160 valence electrons. The molecular weight excluding hydrogens is 386 g/mol. The average molecular weight is 413 g/mol. The van der Waals surface area contributed by atoms with Crippen LogP contribution in [0, 0.1) is 5.92 Å². The molecule has 4 heterocycles. The fourth-order valence-corrected chi connectivity index (χ4v) is 4.25. The second kappa shape index (κ2) is 8.29. The van der Waals surface area contributed by atoms with Gasteiger partial charge in [0, 0.05) is 71.8 Å². The summed E-state index contributed by atoms with van der Waals surface area (Å²) in [5.74, 6) is 1.27. The lowest BCUT2D eigenvalue weighted by Gasteiger charge is -2.39. The Hall–Kier alpha value is -3.17. The zero-order valence-electron chi connectivity index (χ0n) is 17.4. The minimum absolute atomic E-state index is 0.141. The smallest absolute Gasteiger partial charge is 0.332 e. The van der Waals surface area contributed by atoms with Crippen molar-refractivity contribution in [2.75, 3.05) is 49.1 Å². The first-order chi connectivity index (χ1) is 14.5. The molecule has 2 aliphatic heterocycles. The molecule has 2 aliphatic rings. The van der Waals surface area contributed by atoms with Crippen molar-refractivity contribution in [3.63, 3.8) is 0 Å². The third-order valence-electron chi connectivity index (χ3n) is 6.02. The Balaban J connectivity index is 1.42. The molecule has 4 rings (SSSR count). The Labute approximate surface area is 174 Å². The molecule has 0 aliphatic carbocycles. The molecule has 0 spiro atoms. The first-order valence-corrected chi connectivity index (χ1v) is 10.3. The molecular formula is C20H27N7O3. The van der Waals surface area contributed by atoms with Crippen LogP contribution in [-0.4, -0.2) is 69.2 Å². The molecule has 0 bridgehead atoms. The van der Waals surface area contributed by atoms with Crippen LogP contribution in [0.15, 0.2) is 34.1 Å². The van der Waals surface area contributed by atoms with Gasteiger partial charge in [-0.2, -0.15) is 0 Å². The lowest BCUT2D eigenvalue weighted by atomic mass is 9.96. The first-order valence-electron chi connectivity index (χ1n) is 10.3. The van der Waals surface area contributed by atoms with Gasteiger partial charge in [0.1, 0.15) is 5.82 Å². The van der Waals surface area contributed by atoms with Crippen LogP contribution in [0.1, 0.15) is 12.8 Å². The summed E-state index contributed by atoms with van der Waals surface area (Å²) in [5, 5.41) is 0. The second-order valence-electron chi connectivity index (χ2n) is 7.89. The van der Waals surface area contributed by atoms with Gasteiger partial charge >= 0.3 is 5.69 Å². The van der Waals surface area contributed by atoms with E-state index in [1.165, 1.54) is 17.7 Å². The van der Waals surface area contributed by atoms with E-state index in [9.17, 15) is 14.4 Å². The monoisotopic (exact) mass is 413 g/mol. The maximum atomic E-state index is 13.2. The van der Waals surface area contributed by atoms with E-state index in [1.54, 1.807) is 25.5 Å². The second-order valence-corrected chi connectivity index (χ2v) is 7.89. The number of piperidine rings is 1. The van der Waals surface area contributed by atoms with E-state index in [2.05, 4.69) is 14.9 Å². The van der Waals surface area contributed by atoms with Gasteiger partial charge in [-0.25, -0.2) is 14.8 Å². The van der Waals surface area contributed by atoms with Crippen LogP contribution in [0.5, 0.6) is 0 Å². The van der Waals surface area contributed by atoms with Gasteiger partial charge in [0.25, 0.3) is 5.56 Å². The maximum Gasteiger partial charge on any atom is 0.332 e. The quantitative estimate of drug-likeness (QED) is 0.665. The van der Waals surface area contributed by atoms with E-state index in [0.717, 1.165) is 24.0 Å². The predicted octanol–water partition coefficient (Wildman–Crippen LogP) is -0.561. The summed E-state index contributed by atoms with van der Waals surface area (Å²) in [5.41, 5.74) is -0.689. The van der Waals surface area contributed by atoms with Crippen LogP contribution >= 0.6 is 0 Å². The summed E-state index contributed by atoms with van der Waals surface area (Å²) >= 11 is 0. The molecule has 0 N–H and O–H groups in total. The van der Waals surface area contributed by atoms with Gasteiger partial charge in [-0.15, -0.1) is 0 Å². The highest BCUT2D eigenvalue weighted by Crippen LogP contribution is 2.23. The number of carbonyl (C=O) groups is 1. The third kappa shape index (κ3) is 3.81. The topological polar surface area (TPSA) is 96.6 Å². The zero-order valence-corrected chi connectivity index (χ0v) is 17.4. The summed E-state index contributed by atoms with van der Waals surface area (Å²) < 4.78 is 2.57. The number of carbonyl (C=O) groups excluding carboxylic acids is 1. The maximum absolute atomic E-state index is 13.2. The van der Waals surface area contributed by atoms with Crippen molar-refractivity contribution in [2.24, 2.45) is 20.0 Å². The number of rotatable bonds is 3. The van der Waals surface area contributed by atoms with Gasteiger partial charge in [-0.1, -0.05) is 0 Å². The highest BCUT2D eigenvalue weighted by Gasteiger charge is 2.32. The van der Waals surface area contributed by atoms with E-state index in [0.29, 0.717) is 44.5 Å². The number of nitrogens with zero attached hydrogens (tertiary/aromatic N) is 7. The molecule has 30 heavy (non-hydrogen) atoms. The number of aromatic nitrogens is 4. The highest BCUT2D eigenvalue weighted by molar-refractivity contribution is 5.80. The molecule has 1 atom stereocenters. The summed E-state index contributed by atoms with van der Waals surface area (Å²) in [7, 11) is 3.13. The van der Waals surface area contributed by atoms with Gasteiger partial charge < -0.3 is 14.7 Å². The molecule has 0 radical (unpaired) electrons. The first kappa shape index (κ1) is 20.1. The predicted molar refractivity (Wildman–Crippen MR) is 113 cm³/mol. The van der Waals surface area contributed by atoms with Gasteiger partial charge in [0.05, 0.1) is 5.92 Å². The molecule has 10 heteroatoms. The Bertz CT molecular complexity index is 1020. The van der Waals surface area contributed by atoms with Crippen LogP contribution in [-0.2, 0) is 18.9 Å². The molecule has 2 aromatic heterocycles. The summed E-state index contributed by atoms with van der Waals surface area (Å²) in [6.45, 7) is 3.92. The molecule has 1 amide bonds. The minimum Gasteiger partial charge on any atom is -0.357 e. The Morgan fingerprint density at radius 2 is 1.67 bits per heavy atom. The lowest BCUT2D eigenvalue weighted by molar-refractivity contribution is -0.136. The summed E-state index contributed by atoms with van der Waals surface area (Å²) in [4.78, 5) is 52.1. The van der Waals surface area contributed by atoms with Crippen molar-refractivity contribution in [1.82, 2.24) is 24.0 Å². The van der Waals surface area contributed by atoms with E-state index in [4.69, 9.17) is 0 Å². The fourth-order valence-electron chi connectivity index (χ4n) is 4.25. The number of piperazine rings is 1. The Morgan fingerprint density at radius 3 is 2.37 bits per heavy atom. The number of amides is 1. The van der Waals surface area contributed by atoms with Crippen LogP contribution in [0.3, 0.4) is 0 Å². The van der Waals surface area contributed by atoms with Gasteiger partial charge in [-0.3, -0.25) is 18.7 Å². The number of anilines is 2. The van der Waals surface area contributed by atoms with Crippen LogP contribution in [0.25, 0.3) is 0 Å². The van der Waals surface area contributed by atoms with Crippen molar-refractivity contribution in [3.05, 3.63) is 45.4 Å². The zero-order chi connectivity index (χ0) is 21.3. The average Bonchev–Trinajstić information content (AvgIpc) is 2.80. The van der Waals surface area contributed by atoms with Gasteiger partial charge in [0.2, 0.25) is 11.9 Å². The lowest BCUT2D eigenvalue weighted by Crippen LogP contribution is -2.53. The molecule has 2 saturated heterocycles. The van der Waals surface area contributed by atoms with E-state index in [-0.39, 0.29) is 23.1 Å². The van der Waals surface area contributed by atoms with Crippen molar-refractivity contribution >= 4 is 17.7 Å². The van der Waals surface area contributed by atoms with E-state index < -0.39 is 0 Å². The Morgan fingerprint density at radius 1 is 0.967 bits per heavy atom. The molecule has 0 unspecified atom stereocenters. The van der Waals surface area contributed by atoms with Crippen LogP contribution in [0.2, 0.25) is 0 Å². The van der Waals surface area contributed by atoms with Crippen LogP contribution in [0.4, 0.5) is 11.8 Å². The molecule has 10 nitrogen and oxygen atoms in total. The molecule has 2 fully saturated rings. The summed E-state index contributed by atoms with van der Waals surface area (Å²) in [6, 6.07) is 3.27. The van der Waals surface area contributed by atoms with Crippen molar-refractivity contribution in [2.45, 2.75) is 12.8 Å². The van der Waals surface area contributed by atoms with E-state index >= 15 is 0 Å². The highest BCUT2D eigenvalue weighted by atomic mass is 16.2. The molecule has 2 aromatic rings. The largest absolute Gasteiger partial charge is 0.357 e. The third-order valence-corrected chi connectivity index (χ3v) is 6.02. The number of hydrogen-bond acceptors (Lipinski definition) is 7. The fraction of sp³-hybridized carbons (Fsp3) is 0.550. The SMILES string of the molecule is Cn1c(N2CCC[C@H](C(=O)N3CCN(c4ncccn4)CC3)C2)cc(=O)n(C)c1=O. The Kier molecular flexibility index (Phi) is 5.56. The van der Waals surface area contributed by atoms with Crippen molar-refractivity contribution < 1.29 is 4.79 Å². The summed E-state index contributed by atoms with van der Waals surface area (Å²) in [6.07, 6.45) is 5.11. The molecule has 0 saturated carbocycles. The van der Waals surface area contributed by atoms with Crippen LogP contribution < -0.4 is 21.0 Å². The normalized spacial score (nSPS) is 19.8. The minimum atomic E-state index is -0.356.